The molecule has 1 fully saturated rings. The van der Waals surface area contributed by atoms with Crippen LogP contribution in [-0.4, -0.2) is 11.9 Å². The van der Waals surface area contributed by atoms with Crippen LogP contribution < -0.4 is 0 Å². The van der Waals surface area contributed by atoms with E-state index < -0.39 is 5.41 Å². The first-order valence-corrected chi connectivity index (χ1v) is 6.01. The van der Waals surface area contributed by atoms with Gasteiger partial charge in [-0.05, 0) is 40.0 Å². The Kier molecular flexibility index (Phi) is 2.94. The summed E-state index contributed by atoms with van der Waals surface area (Å²) in [5.41, 5.74) is 1.70. The third-order valence-corrected chi connectivity index (χ3v) is 3.51. The lowest BCUT2D eigenvalue weighted by atomic mass is 9.68. The summed E-state index contributed by atoms with van der Waals surface area (Å²) < 4.78 is 4.89. The zero-order valence-electron chi connectivity index (χ0n) is 10.6. The average molecular weight is 234 g/mol. The van der Waals surface area contributed by atoms with Crippen molar-refractivity contribution in [1.82, 2.24) is 0 Å². The lowest BCUT2D eigenvalue weighted by Crippen LogP contribution is -2.45. The molecule has 2 unspecified atom stereocenters. The first-order valence-electron chi connectivity index (χ1n) is 6.01. The van der Waals surface area contributed by atoms with E-state index in [0.29, 0.717) is 12.8 Å². The van der Waals surface area contributed by atoms with Gasteiger partial charge in [-0.25, -0.2) is 0 Å². The Morgan fingerprint density at radius 2 is 2.24 bits per heavy atom. The van der Waals surface area contributed by atoms with Crippen molar-refractivity contribution in [3.63, 3.8) is 0 Å². The van der Waals surface area contributed by atoms with Crippen molar-refractivity contribution >= 4 is 11.9 Å². The van der Waals surface area contributed by atoms with Crippen LogP contribution in [0, 0.1) is 11.3 Å². The standard InChI is InChI=1S/C14H18O3/c1-9(2)4-5-14-7-10(3)6-11(8-14)12(15)17-13(14)16/h4,7,11H,5-6,8H2,1-3H3. The number of carbonyl (C=O) groups excluding carboxylic acids is 2. The zero-order valence-corrected chi connectivity index (χ0v) is 10.6. The van der Waals surface area contributed by atoms with Gasteiger partial charge >= 0.3 is 11.9 Å². The summed E-state index contributed by atoms with van der Waals surface area (Å²) in [5.74, 6) is -0.867. The molecule has 0 N–H and O–H groups in total. The first-order chi connectivity index (χ1) is 7.93. The molecule has 0 spiro atoms. The Morgan fingerprint density at radius 3 is 2.88 bits per heavy atom. The van der Waals surface area contributed by atoms with Crippen LogP contribution in [0.15, 0.2) is 23.3 Å². The number of fused-ring (bicyclic) bond motifs is 2. The van der Waals surface area contributed by atoms with Gasteiger partial charge in [-0.1, -0.05) is 23.3 Å². The molecule has 2 atom stereocenters. The maximum Gasteiger partial charge on any atom is 0.323 e. The molecule has 0 saturated carbocycles. The Morgan fingerprint density at radius 1 is 1.53 bits per heavy atom. The Labute approximate surface area is 102 Å². The zero-order chi connectivity index (χ0) is 12.6. The highest BCUT2D eigenvalue weighted by Gasteiger charge is 2.49. The van der Waals surface area contributed by atoms with Crippen LogP contribution in [0.5, 0.6) is 0 Å². The molecule has 0 aromatic rings. The summed E-state index contributed by atoms with van der Waals surface area (Å²) >= 11 is 0. The minimum absolute atomic E-state index is 0.136. The number of esters is 2. The van der Waals surface area contributed by atoms with Crippen LogP contribution in [0.4, 0.5) is 0 Å². The molecule has 1 aliphatic heterocycles. The monoisotopic (exact) mass is 234 g/mol. The fourth-order valence-electron chi connectivity index (χ4n) is 2.69. The third-order valence-electron chi connectivity index (χ3n) is 3.51. The number of carbonyl (C=O) groups is 2. The van der Waals surface area contributed by atoms with E-state index in [1.165, 1.54) is 5.57 Å². The summed E-state index contributed by atoms with van der Waals surface area (Å²) in [5, 5.41) is 0. The van der Waals surface area contributed by atoms with Crippen molar-refractivity contribution in [1.29, 1.82) is 0 Å². The molecule has 0 radical (unpaired) electrons. The van der Waals surface area contributed by atoms with Crippen molar-refractivity contribution in [2.45, 2.75) is 40.0 Å². The van der Waals surface area contributed by atoms with Crippen LogP contribution in [0.25, 0.3) is 0 Å². The molecule has 1 saturated heterocycles. The lowest BCUT2D eigenvalue weighted by Gasteiger charge is -2.39. The molecule has 92 valence electrons. The van der Waals surface area contributed by atoms with Crippen molar-refractivity contribution in [2.75, 3.05) is 0 Å². The molecule has 3 heteroatoms. The van der Waals surface area contributed by atoms with Crippen LogP contribution >= 0.6 is 0 Å². The molecule has 2 aliphatic rings. The molecular weight excluding hydrogens is 216 g/mol. The summed E-state index contributed by atoms with van der Waals surface area (Å²) in [6.45, 7) is 6.00. The number of allylic oxidation sites excluding steroid dienone is 3. The minimum Gasteiger partial charge on any atom is -0.392 e. The third kappa shape index (κ3) is 2.19. The van der Waals surface area contributed by atoms with E-state index >= 15 is 0 Å². The van der Waals surface area contributed by atoms with E-state index in [1.807, 2.05) is 32.9 Å². The fraction of sp³-hybridized carbons (Fsp3) is 0.571. The predicted octanol–water partition coefficient (Wildman–Crippen LogP) is 2.77. The maximum atomic E-state index is 12.0. The van der Waals surface area contributed by atoms with Crippen molar-refractivity contribution in [3.05, 3.63) is 23.3 Å². The molecule has 1 heterocycles. The summed E-state index contributed by atoms with van der Waals surface area (Å²) in [6, 6.07) is 0. The van der Waals surface area contributed by atoms with Gasteiger partial charge < -0.3 is 4.74 Å². The van der Waals surface area contributed by atoms with Gasteiger partial charge in [0, 0.05) is 0 Å². The van der Waals surface area contributed by atoms with Gasteiger partial charge in [0.15, 0.2) is 0 Å². The summed E-state index contributed by atoms with van der Waals surface area (Å²) in [4.78, 5) is 23.5. The summed E-state index contributed by atoms with van der Waals surface area (Å²) in [7, 11) is 0. The van der Waals surface area contributed by atoms with Crippen molar-refractivity contribution in [2.24, 2.45) is 11.3 Å². The highest BCUT2D eigenvalue weighted by molar-refractivity contribution is 5.95. The van der Waals surface area contributed by atoms with Gasteiger partial charge in [0.2, 0.25) is 0 Å². The van der Waals surface area contributed by atoms with E-state index in [4.69, 9.17) is 4.74 Å². The van der Waals surface area contributed by atoms with Gasteiger partial charge in [-0.2, -0.15) is 0 Å². The first kappa shape index (κ1) is 12.1. The van der Waals surface area contributed by atoms with Crippen molar-refractivity contribution in [3.8, 4) is 0 Å². The second kappa shape index (κ2) is 4.13. The molecule has 1 aliphatic carbocycles. The van der Waals surface area contributed by atoms with E-state index in [9.17, 15) is 9.59 Å². The number of rotatable bonds is 2. The van der Waals surface area contributed by atoms with Gasteiger partial charge in [-0.3, -0.25) is 9.59 Å². The predicted molar refractivity (Wildman–Crippen MR) is 64.1 cm³/mol. The minimum atomic E-state index is -0.599. The number of cyclic esters (lactones) is 2. The van der Waals surface area contributed by atoms with Gasteiger partial charge in [0.1, 0.15) is 0 Å². The average Bonchev–Trinajstić information content (AvgIpc) is 2.24. The molecule has 2 bridgehead atoms. The highest BCUT2D eigenvalue weighted by atomic mass is 16.6. The van der Waals surface area contributed by atoms with Crippen LogP contribution in [0.1, 0.15) is 40.0 Å². The second-order valence-corrected chi connectivity index (χ2v) is 5.45. The molecule has 2 rings (SSSR count). The van der Waals surface area contributed by atoms with Crippen LogP contribution in [0.2, 0.25) is 0 Å². The topological polar surface area (TPSA) is 43.4 Å². The summed E-state index contributed by atoms with van der Waals surface area (Å²) in [6.07, 6.45) is 6.00. The quantitative estimate of drug-likeness (QED) is 0.419. The highest BCUT2D eigenvalue weighted by Crippen LogP contribution is 2.45. The Hall–Kier alpha value is -1.38. The molecular formula is C14H18O3. The van der Waals surface area contributed by atoms with Crippen LogP contribution in [0.3, 0.4) is 0 Å². The molecule has 0 aromatic carbocycles. The number of hydrogen-bond donors (Lipinski definition) is 0. The molecule has 0 amide bonds. The van der Waals surface area contributed by atoms with E-state index in [-0.39, 0.29) is 17.9 Å². The van der Waals surface area contributed by atoms with E-state index in [2.05, 4.69) is 0 Å². The smallest absolute Gasteiger partial charge is 0.323 e. The molecule has 3 nitrogen and oxygen atoms in total. The number of hydrogen-bond acceptors (Lipinski definition) is 3. The lowest BCUT2D eigenvalue weighted by molar-refractivity contribution is -0.177. The van der Waals surface area contributed by atoms with Crippen LogP contribution in [-0.2, 0) is 14.3 Å². The fourth-order valence-corrected chi connectivity index (χ4v) is 2.69. The van der Waals surface area contributed by atoms with Gasteiger partial charge in [0.05, 0.1) is 11.3 Å². The van der Waals surface area contributed by atoms with Crippen molar-refractivity contribution < 1.29 is 14.3 Å². The SMILES string of the molecule is CC(C)=CCC12C=C(C)CC(C1)C(=O)OC2=O. The molecule has 17 heavy (non-hydrogen) atoms. The Bertz CT molecular complexity index is 427. The van der Waals surface area contributed by atoms with Gasteiger partial charge in [0.25, 0.3) is 0 Å². The van der Waals surface area contributed by atoms with E-state index in [0.717, 1.165) is 12.0 Å². The Balaban J connectivity index is 2.35. The largest absolute Gasteiger partial charge is 0.392 e. The van der Waals surface area contributed by atoms with Gasteiger partial charge in [-0.15, -0.1) is 0 Å². The number of ether oxygens (including phenoxy) is 1. The normalized spacial score (nSPS) is 31.7. The van der Waals surface area contributed by atoms with E-state index in [1.54, 1.807) is 0 Å². The molecule has 0 aromatic heterocycles. The second-order valence-electron chi connectivity index (χ2n) is 5.45. The maximum absolute atomic E-state index is 12.0.